The van der Waals surface area contributed by atoms with E-state index < -0.39 is 0 Å². The van der Waals surface area contributed by atoms with Crippen molar-refractivity contribution < 1.29 is 4.79 Å². The summed E-state index contributed by atoms with van der Waals surface area (Å²) in [6.07, 6.45) is 6.13. The fourth-order valence-electron chi connectivity index (χ4n) is 2.55. The summed E-state index contributed by atoms with van der Waals surface area (Å²) >= 11 is 11.6. The lowest BCUT2D eigenvalue weighted by atomic mass is 9.76. The molecular weight excluding hydrogens is 283 g/mol. The van der Waals surface area contributed by atoms with Gasteiger partial charge in [0.15, 0.2) is 0 Å². The zero-order chi connectivity index (χ0) is 13.9. The monoisotopic (exact) mass is 300 g/mol. The molecule has 0 atom stereocenters. The molecule has 0 spiro atoms. The molecule has 0 aromatic carbocycles. The number of pyridine rings is 1. The Bertz CT molecular complexity index is 471. The largest absolute Gasteiger partial charge is 0.351 e. The topological polar surface area (TPSA) is 42.0 Å². The number of carbonyl (C=O) groups is 1. The maximum absolute atomic E-state index is 12.1. The van der Waals surface area contributed by atoms with Crippen LogP contribution in [0.3, 0.4) is 0 Å². The summed E-state index contributed by atoms with van der Waals surface area (Å²) in [5, 5.41) is 3.41. The fraction of sp³-hybridized carbons (Fsp3) is 0.571. The van der Waals surface area contributed by atoms with Crippen LogP contribution < -0.4 is 5.32 Å². The van der Waals surface area contributed by atoms with Gasteiger partial charge in [-0.2, -0.15) is 0 Å². The quantitative estimate of drug-likeness (QED) is 0.854. The predicted molar refractivity (Wildman–Crippen MR) is 77.8 cm³/mol. The fourth-order valence-corrected chi connectivity index (χ4v) is 2.98. The molecule has 0 radical (unpaired) electrons. The average Bonchev–Trinajstić information content (AvgIpc) is 2.37. The van der Waals surface area contributed by atoms with Gasteiger partial charge in [0, 0.05) is 6.54 Å². The molecule has 19 heavy (non-hydrogen) atoms. The van der Waals surface area contributed by atoms with Crippen LogP contribution in [0.2, 0.25) is 10.3 Å². The van der Waals surface area contributed by atoms with Crippen molar-refractivity contribution >= 4 is 29.1 Å². The predicted octanol–water partition coefficient (Wildman–Crippen LogP) is 4.09. The van der Waals surface area contributed by atoms with E-state index in [4.69, 9.17) is 23.2 Å². The molecule has 3 nitrogen and oxygen atoms in total. The highest BCUT2D eigenvalue weighted by molar-refractivity contribution is 6.34. The van der Waals surface area contributed by atoms with Crippen LogP contribution in [0.1, 0.15) is 49.4 Å². The number of nitrogens with zero attached hydrogens (tertiary/aromatic N) is 1. The molecule has 1 aromatic rings. The Labute approximate surface area is 123 Å². The summed E-state index contributed by atoms with van der Waals surface area (Å²) in [5.41, 5.74) is 0.589. The van der Waals surface area contributed by atoms with Crippen molar-refractivity contribution in [2.75, 3.05) is 6.54 Å². The van der Waals surface area contributed by atoms with Crippen molar-refractivity contribution in [3.8, 4) is 0 Å². The molecule has 1 fully saturated rings. The Kier molecular flexibility index (Phi) is 4.69. The van der Waals surface area contributed by atoms with Crippen LogP contribution in [0.4, 0.5) is 0 Å². The number of aromatic nitrogens is 1. The Morgan fingerprint density at radius 2 is 2.00 bits per heavy atom. The van der Waals surface area contributed by atoms with Gasteiger partial charge >= 0.3 is 0 Å². The molecule has 1 saturated carbocycles. The third-order valence-corrected chi connectivity index (χ3v) is 4.29. The smallest absolute Gasteiger partial charge is 0.254 e. The minimum absolute atomic E-state index is 0.152. The molecule has 1 aliphatic carbocycles. The van der Waals surface area contributed by atoms with Crippen LogP contribution in [-0.4, -0.2) is 17.4 Å². The summed E-state index contributed by atoms with van der Waals surface area (Å²) in [6, 6.07) is 3.18. The van der Waals surface area contributed by atoms with Crippen molar-refractivity contribution in [1.29, 1.82) is 0 Å². The second-order valence-electron chi connectivity index (χ2n) is 5.53. The summed E-state index contributed by atoms with van der Waals surface area (Å²) < 4.78 is 0. The molecule has 5 heteroatoms. The first-order valence-corrected chi connectivity index (χ1v) is 7.36. The summed E-state index contributed by atoms with van der Waals surface area (Å²) in [4.78, 5) is 16.0. The second kappa shape index (κ2) is 6.10. The number of halogens is 2. The lowest BCUT2D eigenvalue weighted by molar-refractivity contribution is 0.0919. The molecule has 1 aromatic heterocycles. The number of rotatable bonds is 3. The number of hydrogen-bond acceptors (Lipinski definition) is 2. The first kappa shape index (κ1) is 14.6. The van der Waals surface area contributed by atoms with E-state index in [1.165, 1.54) is 32.1 Å². The minimum Gasteiger partial charge on any atom is -0.351 e. The van der Waals surface area contributed by atoms with Crippen molar-refractivity contribution in [3.63, 3.8) is 0 Å². The van der Waals surface area contributed by atoms with E-state index in [1.54, 1.807) is 12.1 Å². The van der Waals surface area contributed by atoms with Gasteiger partial charge in [-0.1, -0.05) is 49.4 Å². The molecule has 0 saturated heterocycles. The summed E-state index contributed by atoms with van der Waals surface area (Å²) in [7, 11) is 0. The lowest BCUT2D eigenvalue weighted by Crippen LogP contribution is -2.37. The van der Waals surface area contributed by atoms with Crippen LogP contribution in [0.25, 0.3) is 0 Å². The van der Waals surface area contributed by atoms with E-state index in [9.17, 15) is 4.79 Å². The Morgan fingerprint density at radius 3 is 2.63 bits per heavy atom. The first-order chi connectivity index (χ1) is 9.00. The van der Waals surface area contributed by atoms with Gasteiger partial charge < -0.3 is 5.32 Å². The highest BCUT2D eigenvalue weighted by atomic mass is 35.5. The van der Waals surface area contributed by atoms with Gasteiger partial charge in [0.1, 0.15) is 10.3 Å². The average molecular weight is 301 g/mol. The van der Waals surface area contributed by atoms with Crippen LogP contribution in [0.15, 0.2) is 12.1 Å². The van der Waals surface area contributed by atoms with E-state index in [-0.39, 0.29) is 16.5 Å². The zero-order valence-corrected chi connectivity index (χ0v) is 12.5. The molecule has 0 bridgehead atoms. The van der Waals surface area contributed by atoms with Gasteiger partial charge in [0.05, 0.1) is 5.56 Å². The van der Waals surface area contributed by atoms with Crippen LogP contribution in [0, 0.1) is 5.41 Å². The van der Waals surface area contributed by atoms with Gasteiger partial charge in [-0.3, -0.25) is 4.79 Å². The van der Waals surface area contributed by atoms with E-state index >= 15 is 0 Å². The van der Waals surface area contributed by atoms with Crippen molar-refractivity contribution in [3.05, 3.63) is 28.0 Å². The SMILES string of the molecule is CC1(CNC(=O)c2ccc(Cl)nc2Cl)CCCCC1. The van der Waals surface area contributed by atoms with Gasteiger partial charge in [0.2, 0.25) is 0 Å². The van der Waals surface area contributed by atoms with Gasteiger partial charge in [-0.15, -0.1) is 0 Å². The molecule has 1 heterocycles. The second-order valence-corrected chi connectivity index (χ2v) is 6.27. The molecule has 0 unspecified atom stereocenters. The molecule has 1 N–H and O–H groups in total. The number of carbonyl (C=O) groups excluding carboxylic acids is 1. The Balaban J connectivity index is 1.97. The normalized spacial score (nSPS) is 18.1. The minimum atomic E-state index is -0.180. The molecule has 1 aliphatic rings. The van der Waals surface area contributed by atoms with Gasteiger partial charge in [-0.05, 0) is 30.4 Å². The van der Waals surface area contributed by atoms with Crippen molar-refractivity contribution in [2.45, 2.75) is 39.0 Å². The van der Waals surface area contributed by atoms with Gasteiger partial charge in [-0.25, -0.2) is 4.98 Å². The van der Waals surface area contributed by atoms with Gasteiger partial charge in [0.25, 0.3) is 5.91 Å². The van der Waals surface area contributed by atoms with E-state index in [2.05, 4.69) is 17.2 Å². The van der Waals surface area contributed by atoms with E-state index in [0.717, 1.165) is 0 Å². The number of amides is 1. The number of hydrogen-bond donors (Lipinski definition) is 1. The molecular formula is C14H18Cl2N2O. The summed E-state index contributed by atoms with van der Waals surface area (Å²) in [6.45, 7) is 2.92. The van der Waals surface area contributed by atoms with E-state index in [1.807, 2.05) is 0 Å². The standard InChI is InChI=1S/C14H18Cl2N2O/c1-14(7-3-2-4-8-14)9-17-13(19)10-5-6-11(15)18-12(10)16/h5-6H,2-4,7-9H2,1H3,(H,17,19). The Hall–Kier alpha value is -0.800. The molecule has 0 aliphatic heterocycles. The third-order valence-electron chi connectivity index (χ3n) is 3.80. The van der Waals surface area contributed by atoms with Crippen LogP contribution in [-0.2, 0) is 0 Å². The maximum Gasteiger partial charge on any atom is 0.254 e. The van der Waals surface area contributed by atoms with Crippen LogP contribution >= 0.6 is 23.2 Å². The molecule has 1 amide bonds. The molecule has 2 rings (SSSR count). The maximum atomic E-state index is 12.1. The molecule has 104 valence electrons. The highest BCUT2D eigenvalue weighted by Gasteiger charge is 2.27. The highest BCUT2D eigenvalue weighted by Crippen LogP contribution is 2.35. The number of nitrogens with one attached hydrogen (secondary N) is 1. The first-order valence-electron chi connectivity index (χ1n) is 6.60. The van der Waals surface area contributed by atoms with Crippen molar-refractivity contribution in [2.24, 2.45) is 5.41 Å². The van der Waals surface area contributed by atoms with Crippen molar-refractivity contribution in [1.82, 2.24) is 10.3 Å². The lowest BCUT2D eigenvalue weighted by Gasteiger charge is -2.33. The van der Waals surface area contributed by atoms with Crippen LogP contribution in [0.5, 0.6) is 0 Å². The third kappa shape index (κ3) is 3.83. The Morgan fingerprint density at radius 1 is 1.32 bits per heavy atom. The summed E-state index contributed by atoms with van der Waals surface area (Å²) in [5.74, 6) is -0.180. The zero-order valence-electron chi connectivity index (χ0n) is 11.0. The van der Waals surface area contributed by atoms with E-state index in [0.29, 0.717) is 17.3 Å².